The number of sulfone groups is 1. The summed E-state index contributed by atoms with van der Waals surface area (Å²) < 4.78 is 23.6. The first-order valence-electron chi connectivity index (χ1n) is 5.63. The van der Waals surface area contributed by atoms with Crippen molar-refractivity contribution in [1.29, 1.82) is 0 Å². The van der Waals surface area contributed by atoms with Gasteiger partial charge in [0.25, 0.3) is 0 Å². The summed E-state index contributed by atoms with van der Waals surface area (Å²) in [6, 6.07) is 3.05. The largest absolute Gasteiger partial charge is 0.325 e. The fraction of sp³-hybridized carbons (Fsp3) is 0.455. The number of pyridine rings is 1. The predicted molar refractivity (Wildman–Crippen MR) is 69.3 cm³/mol. The van der Waals surface area contributed by atoms with E-state index in [4.69, 9.17) is 11.6 Å². The molecule has 2 rings (SSSR count). The Labute approximate surface area is 110 Å². The zero-order chi connectivity index (χ0) is 13.2. The molecule has 0 radical (unpaired) electrons. The second kappa shape index (κ2) is 5.24. The van der Waals surface area contributed by atoms with Crippen molar-refractivity contribution in [3.05, 3.63) is 23.5 Å². The fourth-order valence-corrected chi connectivity index (χ4v) is 3.93. The van der Waals surface area contributed by atoms with E-state index < -0.39 is 21.0 Å². The van der Waals surface area contributed by atoms with Crippen molar-refractivity contribution in [3.8, 4) is 0 Å². The van der Waals surface area contributed by atoms with Gasteiger partial charge in [-0.25, -0.2) is 13.4 Å². The van der Waals surface area contributed by atoms with Crippen LogP contribution in [0.1, 0.15) is 19.3 Å². The maximum Gasteiger partial charge on any atom is 0.242 e. The minimum absolute atomic E-state index is 0.0855. The topological polar surface area (TPSA) is 76.1 Å². The van der Waals surface area contributed by atoms with Crippen molar-refractivity contribution in [1.82, 2.24) is 4.98 Å². The summed E-state index contributed by atoms with van der Waals surface area (Å²) in [7, 11) is -3.31. The van der Waals surface area contributed by atoms with E-state index in [1.807, 2.05) is 0 Å². The van der Waals surface area contributed by atoms with Gasteiger partial charge in [0.15, 0.2) is 9.84 Å². The van der Waals surface area contributed by atoms with Gasteiger partial charge >= 0.3 is 0 Å². The molecule has 7 heteroatoms. The Morgan fingerprint density at radius 3 is 2.89 bits per heavy atom. The molecular formula is C11H13ClN2O3S. The van der Waals surface area contributed by atoms with Crippen LogP contribution in [0.2, 0.25) is 5.15 Å². The van der Waals surface area contributed by atoms with Gasteiger partial charge in [0.2, 0.25) is 5.91 Å². The molecule has 1 fully saturated rings. The maximum absolute atomic E-state index is 11.9. The number of nitrogens with zero attached hydrogens (tertiary/aromatic N) is 1. The second-order valence-corrected chi connectivity index (χ2v) is 6.90. The van der Waals surface area contributed by atoms with Gasteiger partial charge in [-0.05, 0) is 25.0 Å². The monoisotopic (exact) mass is 288 g/mol. The first-order chi connectivity index (χ1) is 8.49. The lowest BCUT2D eigenvalue weighted by Gasteiger charge is -2.21. The van der Waals surface area contributed by atoms with Gasteiger partial charge in [-0.15, -0.1) is 0 Å². The molecule has 5 nitrogen and oxygen atoms in total. The van der Waals surface area contributed by atoms with Crippen LogP contribution >= 0.6 is 11.6 Å². The molecule has 1 N–H and O–H groups in total. The van der Waals surface area contributed by atoms with E-state index in [-0.39, 0.29) is 10.9 Å². The lowest BCUT2D eigenvalue weighted by Crippen LogP contribution is -2.39. The molecule has 0 spiro atoms. The summed E-state index contributed by atoms with van der Waals surface area (Å²) in [6.07, 6.45) is 3.22. The van der Waals surface area contributed by atoms with Crippen LogP contribution in [0, 0.1) is 0 Å². The quantitative estimate of drug-likeness (QED) is 0.840. The minimum Gasteiger partial charge on any atom is -0.325 e. The first kappa shape index (κ1) is 13.3. The Bertz CT molecular complexity index is 559. The Balaban J connectivity index is 2.12. The van der Waals surface area contributed by atoms with Crippen molar-refractivity contribution >= 4 is 33.0 Å². The number of anilines is 1. The van der Waals surface area contributed by atoms with Crippen LogP contribution in [0.5, 0.6) is 0 Å². The Morgan fingerprint density at radius 1 is 1.44 bits per heavy atom. The van der Waals surface area contributed by atoms with Gasteiger partial charge in [0.1, 0.15) is 10.4 Å². The summed E-state index contributed by atoms with van der Waals surface area (Å²) in [5.41, 5.74) is 0.459. The number of rotatable bonds is 2. The van der Waals surface area contributed by atoms with Crippen molar-refractivity contribution < 1.29 is 13.2 Å². The van der Waals surface area contributed by atoms with Gasteiger partial charge in [-0.3, -0.25) is 4.79 Å². The third kappa shape index (κ3) is 3.00. The zero-order valence-electron chi connectivity index (χ0n) is 9.60. The lowest BCUT2D eigenvalue weighted by atomic mass is 10.2. The van der Waals surface area contributed by atoms with Crippen LogP contribution in [0.4, 0.5) is 5.69 Å². The van der Waals surface area contributed by atoms with E-state index >= 15 is 0 Å². The van der Waals surface area contributed by atoms with Gasteiger partial charge in [0.05, 0.1) is 5.75 Å². The number of halogens is 1. The first-order valence-corrected chi connectivity index (χ1v) is 7.72. The van der Waals surface area contributed by atoms with Crippen LogP contribution in [-0.4, -0.2) is 30.3 Å². The Morgan fingerprint density at radius 2 is 2.22 bits per heavy atom. The summed E-state index contributed by atoms with van der Waals surface area (Å²) >= 11 is 5.69. The normalized spacial score (nSPS) is 22.4. The van der Waals surface area contributed by atoms with Crippen LogP contribution in [0.25, 0.3) is 0 Å². The summed E-state index contributed by atoms with van der Waals surface area (Å²) in [5, 5.41) is 1.87. The molecule has 1 aliphatic rings. The number of hydrogen-bond acceptors (Lipinski definition) is 4. The van der Waals surface area contributed by atoms with Crippen molar-refractivity contribution in [2.75, 3.05) is 11.1 Å². The van der Waals surface area contributed by atoms with Crippen LogP contribution in [-0.2, 0) is 14.6 Å². The molecule has 0 saturated carbocycles. The molecule has 1 amide bonds. The molecule has 1 atom stereocenters. The predicted octanol–water partition coefficient (Wildman–Crippen LogP) is 1.64. The van der Waals surface area contributed by atoms with Gasteiger partial charge in [-0.2, -0.15) is 0 Å². The van der Waals surface area contributed by atoms with Crippen LogP contribution in [0.3, 0.4) is 0 Å². The molecule has 1 saturated heterocycles. The van der Waals surface area contributed by atoms with Crippen LogP contribution < -0.4 is 5.32 Å². The Hall–Kier alpha value is -1.14. The summed E-state index contributed by atoms with van der Waals surface area (Å²) in [4.78, 5) is 15.7. The van der Waals surface area contributed by atoms with Gasteiger partial charge in [0, 0.05) is 11.9 Å². The van der Waals surface area contributed by atoms with E-state index in [0.717, 1.165) is 6.42 Å². The zero-order valence-corrected chi connectivity index (χ0v) is 11.2. The number of aromatic nitrogens is 1. The van der Waals surface area contributed by atoms with E-state index in [1.165, 1.54) is 12.3 Å². The van der Waals surface area contributed by atoms with Gasteiger partial charge < -0.3 is 5.32 Å². The molecule has 0 aromatic carbocycles. The van der Waals surface area contributed by atoms with Crippen LogP contribution in [0.15, 0.2) is 18.3 Å². The standard InChI is InChI=1S/C11H13ClN2O3S/c12-10-7-8(4-5-13-10)14-11(15)9-3-1-2-6-18(9,16)17/h4-5,7,9H,1-3,6H2,(H,13,14,15). The molecule has 98 valence electrons. The average Bonchev–Trinajstić information content (AvgIpc) is 2.28. The highest BCUT2D eigenvalue weighted by molar-refractivity contribution is 7.92. The summed E-state index contributed by atoms with van der Waals surface area (Å²) in [5.74, 6) is -0.403. The molecule has 0 bridgehead atoms. The third-order valence-corrected chi connectivity index (χ3v) is 5.25. The van der Waals surface area contributed by atoms with E-state index in [9.17, 15) is 13.2 Å². The molecule has 2 heterocycles. The van der Waals surface area contributed by atoms with E-state index in [0.29, 0.717) is 18.5 Å². The van der Waals surface area contributed by atoms with E-state index in [1.54, 1.807) is 6.07 Å². The lowest BCUT2D eigenvalue weighted by molar-refractivity contribution is -0.116. The second-order valence-electron chi connectivity index (χ2n) is 4.21. The van der Waals surface area contributed by atoms with Crippen molar-refractivity contribution in [3.63, 3.8) is 0 Å². The summed E-state index contributed by atoms with van der Waals surface area (Å²) in [6.45, 7) is 0. The Kier molecular flexibility index (Phi) is 3.87. The SMILES string of the molecule is O=C(Nc1ccnc(Cl)c1)C1CCCCS1(=O)=O. The number of amides is 1. The van der Waals surface area contributed by atoms with E-state index in [2.05, 4.69) is 10.3 Å². The number of hydrogen-bond donors (Lipinski definition) is 1. The fourth-order valence-electron chi connectivity index (χ4n) is 1.95. The molecule has 0 aliphatic carbocycles. The molecular weight excluding hydrogens is 276 g/mol. The molecule has 1 unspecified atom stereocenters. The minimum atomic E-state index is -3.31. The highest BCUT2D eigenvalue weighted by Gasteiger charge is 2.34. The number of nitrogens with one attached hydrogen (secondary N) is 1. The number of carbonyl (C=O) groups excluding carboxylic acids is 1. The van der Waals surface area contributed by atoms with Gasteiger partial charge in [-0.1, -0.05) is 18.0 Å². The molecule has 1 aromatic heterocycles. The number of carbonyl (C=O) groups is 1. The van der Waals surface area contributed by atoms with Crippen molar-refractivity contribution in [2.24, 2.45) is 0 Å². The average molecular weight is 289 g/mol. The molecule has 18 heavy (non-hydrogen) atoms. The highest BCUT2D eigenvalue weighted by Crippen LogP contribution is 2.21. The third-order valence-electron chi connectivity index (χ3n) is 2.87. The van der Waals surface area contributed by atoms with Crippen molar-refractivity contribution in [2.45, 2.75) is 24.5 Å². The highest BCUT2D eigenvalue weighted by atomic mass is 35.5. The molecule has 1 aromatic rings. The smallest absolute Gasteiger partial charge is 0.242 e. The maximum atomic E-state index is 11.9. The molecule has 1 aliphatic heterocycles.